The Morgan fingerprint density at radius 1 is 0.633 bits per heavy atom. The number of para-hydroxylation sites is 1. The van der Waals surface area contributed by atoms with Crippen LogP contribution in [0.4, 0.5) is 17.1 Å². The van der Waals surface area contributed by atoms with Gasteiger partial charge in [0.2, 0.25) is 0 Å². The van der Waals surface area contributed by atoms with Gasteiger partial charge in [0.15, 0.2) is 0 Å². The van der Waals surface area contributed by atoms with E-state index in [0.29, 0.717) is 0 Å². The van der Waals surface area contributed by atoms with Crippen LogP contribution in [0.1, 0.15) is 25.0 Å². The summed E-state index contributed by atoms with van der Waals surface area (Å²) in [6, 6.07) is 33.9. The third-order valence-corrected chi connectivity index (χ3v) is 6.14. The highest BCUT2D eigenvalue weighted by molar-refractivity contribution is 6.45. The molecule has 2 nitrogen and oxygen atoms in total. The Morgan fingerprint density at radius 2 is 1.23 bits per heavy atom. The fourth-order valence-corrected chi connectivity index (χ4v) is 4.57. The number of fused-ring (bicyclic) bond motifs is 3. The second-order valence-electron chi connectivity index (χ2n) is 8.29. The molecule has 5 rings (SSSR count). The lowest BCUT2D eigenvalue weighted by Crippen LogP contribution is -2.17. The van der Waals surface area contributed by atoms with Gasteiger partial charge in [0.25, 0.3) is 0 Å². The standard InChI is InChI=1S/C27H23BNO/c1-27(2)25-11-7-6-10-23(25)24-17-16-22(18-26(24)27)29(20-8-4-3-5-9-20)21-14-12-19(28-30)13-15-21/h3-18,30H,1-2H3. The Labute approximate surface area is 178 Å². The van der Waals surface area contributed by atoms with Crippen LogP contribution >= 0.6 is 0 Å². The van der Waals surface area contributed by atoms with Crippen LogP contribution in [0, 0.1) is 0 Å². The number of hydrogen-bond donors (Lipinski definition) is 1. The van der Waals surface area contributed by atoms with Gasteiger partial charge in [-0.05, 0) is 58.7 Å². The second-order valence-corrected chi connectivity index (χ2v) is 8.29. The fraction of sp³-hybridized carbons (Fsp3) is 0.111. The third kappa shape index (κ3) is 2.94. The highest BCUT2D eigenvalue weighted by atomic mass is 16.2. The quantitative estimate of drug-likeness (QED) is 0.454. The molecule has 0 fully saturated rings. The summed E-state index contributed by atoms with van der Waals surface area (Å²) in [6.07, 6.45) is 0. The van der Waals surface area contributed by atoms with Gasteiger partial charge >= 0.3 is 7.48 Å². The minimum atomic E-state index is -0.0417. The van der Waals surface area contributed by atoms with Gasteiger partial charge in [0.1, 0.15) is 0 Å². The van der Waals surface area contributed by atoms with Crippen LogP contribution in [0.5, 0.6) is 0 Å². The molecule has 1 radical (unpaired) electrons. The molecule has 1 aliphatic carbocycles. The maximum atomic E-state index is 9.31. The molecule has 145 valence electrons. The topological polar surface area (TPSA) is 23.5 Å². The van der Waals surface area contributed by atoms with Crippen LogP contribution < -0.4 is 10.4 Å². The van der Waals surface area contributed by atoms with E-state index in [0.717, 1.165) is 30.0 Å². The fourth-order valence-electron chi connectivity index (χ4n) is 4.57. The average molecular weight is 388 g/mol. The Kier molecular flexibility index (Phi) is 4.49. The summed E-state index contributed by atoms with van der Waals surface area (Å²) in [5.74, 6) is 0. The predicted molar refractivity (Wildman–Crippen MR) is 126 cm³/mol. The van der Waals surface area contributed by atoms with Crippen molar-refractivity contribution in [3.63, 3.8) is 0 Å². The van der Waals surface area contributed by atoms with E-state index < -0.39 is 0 Å². The molecule has 0 atom stereocenters. The smallest absolute Gasteiger partial charge is 0.326 e. The molecular formula is C27H23BNO. The predicted octanol–water partition coefficient (Wildman–Crippen LogP) is 5.70. The lowest BCUT2D eigenvalue weighted by Gasteiger charge is -2.28. The van der Waals surface area contributed by atoms with Crippen LogP contribution in [-0.4, -0.2) is 12.5 Å². The van der Waals surface area contributed by atoms with Gasteiger partial charge in [-0.2, -0.15) is 0 Å². The minimum Gasteiger partial charge on any atom is -0.450 e. The monoisotopic (exact) mass is 388 g/mol. The molecule has 0 aliphatic heterocycles. The number of hydrogen-bond acceptors (Lipinski definition) is 2. The molecule has 0 heterocycles. The van der Waals surface area contributed by atoms with Crippen molar-refractivity contribution in [1.29, 1.82) is 0 Å². The number of benzene rings is 4. The van der Waals surface area contributed by atoms with Crippen molar-refractivity contribution in [1.82, 2.24) is 0 Å². The van der Waals surface area contributed by atoms with E-state index in [9.17, 15) is 5.02 Å². The van der Waals surface area contributed by atoms with Crippen LogP contribution in [0.3, 0.4) is 0 Å². The molecule has 1 N–H and O–H groups in total. The van der Waals surface area contributed by atoms with Crippen LogP contribution in [0.15, 0.2) is 97.1 Å². The van der Waals surface area contributed by atoms with Crippen LogP contribution in [0.25, 0.3) is 11.1 Å². The molecule has 0 unspecified atom stereocenters. The highest BCUT2D eigenvalue weighted by Gasteiger charge is 2.35. The number of nitrogens with zero attached hydrogens (tertiary/aromatic N) is 1. The van der Waals surface area contributed by atoms with Gasteiger partial charge in [-0.15, -0.1) is 0 Å². The lowest BCUT2D eigenvalue weighted by molar-refractivity contribution is 0.615. The summed E-state index contributed by atoms with van der Waals surface area (Å²) in [5.41, 5.74) is 9.41. The Hall–Kier alpha value is -3.30. The van der Waals surface area contributed by atoms with Crippen molar-refractivity contribution < 1.29 is 5.02 Å². The Balaban J connectivity index is 1.67. The molecule has 30 heavy (non-hydrogen) atoms. The summed E-state index contributed by atoms with van der Waals surface area (Å²) in [4.78, 5) is 2.26. The van der Waals surface area contributed by atoms with Gasteiger partial charge in [-0.25, -0.2) is 0 Å². The van der Waals surface area contributed by atoms with Gasteiger partial charge < -0.3 is 9.92 Å². The van der Waals surface area contributed by atoms with E-state index in [1.54, 1.807) is 0 Å². The van der Waals surface area contributed by atoms with Crippen LogP contribution in [0.2, 0.25) is 0 Å². The first kappa shape index (κ1) is 18.7. The van der Waals surface area contributed by atoms with E-state index >= 15 is 0 Å². The number of rotatable bonds is 4. The minimum absolute atomic E-state index is 0.0417. The summed E-state index contributed by atoms with van der Waals surface area (Å²) < 4.78 is 0. The molecule has 0 saturated carbocycles. The van der Waals surface area contributed by atoms with E-state index in [-0.39, 0.29) is 5.41 Å². The maximum Gasteiger partial charge on any atom is 0.326 e. The van der Waals surface area contributed by atoms with E-state index in [4.69, 9.17) is 0 Å². The highest BCUT2D eigenvalue weighted by Crippen LogP contribution is 2.50. The third-order valence-electron chi connectivity index (χ3n) is 6.14. The molecule has 4 aromatic rings. The van der Waals surface area contributed by atoms with Gasteiger partial charge in [0.05, 0.1) is 0 Å². The van der Waals surface area contributed by atoms with Crippen molar-refractivity contribution in [3.05, 3.63) is 108 Å². The molecule has 3 heteroatoms. The second kappa shape index (κ2) is 7.19. The first-order chi connectivity index (χ1) is 14.6. The molecule has 4 aromatic carbocycles. The average Bonchev–Trinajstić information content (AvgIpc) is 3.02. The molecule has 0 saturated heterocycles. The molecule has 0 aromatic heterocycles. The lowest BCUT2D eigenvalue weighted by atomic mass is 9.82. The Bertz CT molecular complexity index is 1200. The van der Waals surface area contributed by atoms with E-state index in [1.165, 1.54) is 22.3 Å². The summed E-state index contributed by atoms with van der Waals surface area (Å²) >= 11 is 0. The zero-order valence-electron chi connectivity index (χ0n) is 17.2. The molecule has 0 amide bonds. The maximum absolute atomic E-state index is 9.31. The van der Waals surface area contributed by atoms with Gasteiger partial charge in [0, 0.05) is 22.5 Å². The first-order valence-corrected chi connectivity index (χ1v) is 10.3. The summed E-state index contributed by atoms with van der Waals surface area (Å²) in [7, 11) is 1.13. The summed E-state index contributed by atoms with van der Waals surface area (Å²) in [5, 5.41) is 9.31. The summed E-state index contributed by atoms with van der Waals surface area (Å²) in [6.45, 7) is 4.61. The van der Waals surface area contributed by atoms with Gasteiger partial charge in [-0.3, -0.25) is 0 Å². The first-order valence-electron chi connectivity index (χ1n) is 10.3. The van der Waals surface area contributed by atoms with E-state index in [1.807, 2.05) is 30.3 Å². The molecular weight excluding hydrogens is 365 g/mol. The van der Waals surface area contributed by atoms with Crippen molar-refractivity contribution in [2.75, 3.05) is 4.90 Å². The molecule has 0 bridgehead atoms. The van der Waals surface area contributed by atoms with Crippen molar-refractivity contribution in [2.24, 2.45) is 0 Å². The van der Waals surface area contributed by atoms with Crippen molar-refractivity contribution >= 4 is 30.0 Å². The zero-order chi connectivity index (χ0) is 20.7. The van der Waals surface area contributed by atoms with Gasteiger partial charge in [-0.1, -0.05) is 80.0 Å². The molecule has 1 aliphatic rings. The van der Waals surface area contributed by atoms with Crippen LogP contribution in [-0.2, 0) is 5.41 Å². The largest absolute Gasteiger partial charge is 0.450 e. The van der Waals surface area contributed by atoms with Crippen molar-refractivity contribution in [3.8, 4) is 11.1 Å². The normalized spacial score (nSPS) is 13.4. The van der Waals surface area contributed by atoms with Crippen molar-refractivity contribution in [2.45, 2.75) is 19.3 Å². The SMILES string of the molecule is CC1(C)c2ccccc2-c2ccc(N(c3ccccc3)c3ccc([B]O)cc3)cc21. The number of anilines is 3. The Morgan fingerprint density at radius 3 is 1.97 bits per heavy atom. The molecule has 0 spiro atoms. The zero-order valence-corrected chi connectivity index (χ0v) is 17.2. The van der Waals surface area contributed by atoms with E-state index in [2.05, 4.69) is 85.5 Å².